The second-order valence-corrected chi connectivity index (χ2v) is 10.3. The van der Waals surface area contributed by atoms with Crippen LogP contribution in [-0.4, -0.2) is 40.3 Å². The molecule has 3 heterocycles. The third-order valence-electron chi connectivity index (χ3n) is 6.47. The number of rotatable bonds is 7. The zero-order chi connectivity index (χ0) is 27.5. The van der Waals surface area contributed by atoms with E-state index in [1.807, 2.05) is 55.6 Å². The summed E-state index contributed by atoms with van der Waals surface area (Å²) in [6.07, 6.45) is -0.665. The Morgan fingerprint density at radius 2 is 1.67 bits per heavy atom. The maximum absolute atomic E-state index is 12.9. The SMILES string of the molecule is Cc1ccc(C(=O)OC[C@@H]2O[C@H](n3cc(-c4cccs4)c(N)nc3=O)C[C@H]2OC(=O)c2ccc(C)cc2)cc1. The van der Waals surface area contributed by atoms with Gasteiger partial charge in [-0.15, -0.1) is 11.3 Å². The number of anilines is 1. The largest absolute Gasteiger partial charge is 0.459 e. The number of aromatic nitrogens is 2. The molecule has 3 atom stereocenters. The molecule has 1 aliphatic heterocycles. The number of esters is 2. The molecule has 0 radical (unpaired) electrons. The number of hydrogen-bond donors (Lipinski definition) is 1. The molecule has 39 heavy (non-hydrogen) atoms. The van der Waals surface area contributed by atoms with Gasteiger partial charge in [-0.3, -0.25) is 4.57 Å². The van der Waals surface area contributed by atoms with Gasteiger partial charge in [-0.25, -0.2) is 14.4 Å². The number of ether oxygens (including phenoxy) is 3. The number of hydrogen-bond acceptors (Lipinski definition) is 9. The van der Waals surface area contributed by atoms with E-state index in [1.165, 1.54) is 15.9 Å². The van der Waals surface area contributed by atoms with Gasteiger partial charge < -0.3 is 19.9 Å². The van der Waals surface area contributed by atoms with Crippen LogP contribution in [0, 0.1) is 13.8 Å². The van der Waals surface area contributed by atoms with Crippen molar-refractivity contribution in [2.75, 3.05) is 12.3 Å². The van der Waals surface area contributed by atoms with Gasteiger partial charge in [0, 0.05) is 17.5 Å². The quantitative estimate of drug-likeness (QED) is 0.336. The Hall–Kier alpha value is -4.28. The van der Waals surface area contributed by atoms with Gasteiger partial charge in [-0.05, 0) is 49.6 Å². The summed E-state index contributed by atoms with van der Waals surface area (Å²) >= 11 is 1.46. The van der Waals surface area contributed by atoms with Crippen molar-refractivity contribution in [3.63, 3.8) is 0 Å². The normalized spacial score (nSPS) is 18.6. The van der Waals surface area contributed by atoms with Crippen molar-refractivity contribution in [2.45, 2.75) is 38.7 Å². The van der Waals surface area contributed by atoms with Crippen molar-refractivity contribution < 1.29 is 23.8 Å². The Morgan fingerprint density at radius 3 is 2.28 bits per heavy atom. The van der Waals surface area contributed by atoms with Crippen LogP contribution in [0.15, 0.2) is 77.0 Å². The number of thiophene rings is 1. The van der Waals surface area contributed by atoms with Crippen molar-refractivity contribution >= 4 is 29.1 Å². The van der Waals surface area contributed by atoms with Gasteiger partial charge in [0.2, 0.25) is 0 Å². The predicted molar refractivity (Wildman–Crippen MR) is 147 cm³/mol. The second kappa shape index (κ2) is 11.2. The first-order chi connectivity index (χ1) is 18.8. The third kappa shape index (κ3) is 5.92. The molecule has 5 rings (SSSR count). The molecule has 0 bridgehead atoms. The van der Waals surface area contributed by atoms with Crippen molar-refractivity contribution in [2.24, 2.45) is 0 Å². The molecule has 200 valence electrons. The molecule has 2 aromatic carbocycles. The van der Waals surface area contributed by atoms with E-state index in [9.17, 15) is 14.4 Å². The van der Waals surface area contributed by atoms with E-state index < -0.39 is 36.1 Å². The van der Waals surface area contributed by atoms with Crippen LogP contribution in [0.1, 0.15) is 44.5 Å². The van der Waals surface area contributed by atoms with Gasteiger partial charge >= 0.3 is 17.6 Å². The molecule has 10 heteroatoms. The summed E-state index contributed by atoms with van der Waals surface area (Å²) in [5, 5.41) is 1.90. The van der Waals surface area contributed by atoms with Crippen molar-refractivity contribution in [1.29, 1.82) is 0 Å². The molecule has 1 aliphatic rings. The maximum Gasteiger partial charge on any atom is 0.351 e. The Balaban J connectivity index is 1.39. The number of nitrogens with two attached hydrogens (primary N) is 1. The van der Waals surface area contributed by atoms with Crippen LogP contribution >= 0.6 is 11.3 Å². The van der Waals surface area contributed by atoms with Gasteiger partial charge in [0.25, 0.3) is 0 Å². The van der Waals surface area contributed by atoms with Crippen LogP contribution in [0.5, 0.6) is 0 Å². The Bertz CT molecular complexity index is 1530. The maximum atomic E-state index is 12.9. The molecule has 0 amide bonds. The summed E-state index contributed by atoms with van der Waals surface area (Å²) in [5.41, 5.74) is 8.83. The van der Waals surface area contributed by atoms with Gasteiger partial charge in [0.1, 0.15) is 30.9 Å². The number of nitrogen functional groups attached to an aromatic ring is 1. The zero-order valence-corrected chi connectivity index (χ0v) is 22.2. The van der Waals surface area contributed by atoms with Gasteiger partial charge in [-0.1, -0.05) is 41.5 Å². The van der Waals surface area contributed by atoms with E-state index in [1.54, 1.807) is 30.5 Å². The van der Waals surface area contributed by atoms with E-state index in [0.717, 1.165) is 16.0 Å². The molecule has 0 aliphatic carbocycles. The fourth-order valence-electron chi connectivity index (χ4n) is 4.28. The fraction of sp³-hybridized carbons (Fsp3) is 0.241. The highest BCUT2D eigenvalue weighted by atomic mass is 32.1. The Labute approximate surface area is 228 Å². The molecule has 9 nitrogen and oxygen atoms in total. The molecule has 4 aromatic rings. The van der Waals surface area contributed by atoms with Gasteiger partial charge in [-0.2, -0.15) is 4.98 Å². The molecular formula is C29H27N3O6S. The van der Waals surface area contributed by atoms with Crippen LogP contribution < -0.4 is 11.4 Å². The van der Waals surface area contributed by atoms with E-state index in [-0.39, 0.29) is 18.8 Å². The summed E-state index contributed by atoms with van der Waals surface area (Å²) in [5.74, 6) is -0.958. The van der Waals surface area contributed by atoms with Crippen LogP contribution in [0.2, 0.25) is 0 Å². The minimum absolute atomic E-state index is 0.114. The Kier molecular flexibility index (Phi) is 7.58. The van der Waals surface area contributed by atoms with Crippen molar-refractivity contribution in [3.8, 4) is 10.4 Å². The summed E-state index contributed by atoms with van der Waals surface area (Å²) < 4.78 is 18.8. The highest BCUT2D eigenvalue weighted by Gasteiger charge is 2.40. The minimum Gasteiger partial charge on any atom is -0.459 e. The standard InChI is InChI=1S/C29H27N3O6S/c1-17-5-9-19(10-6-17)27(33)36-16-23-22(38-28(34)20-11-7-18(2)8-12-20)14-25(37-23)32-15-21(24-4-3-13-39-24)26(30)31-29(32)35/h3-13,15,22-23,25H,14,16H2,1-2H3,(H2,30,31,35)/t22-,23+,25+/m1/s1. The highest BCUT2D eigenvalue weighted by Crippen LogP contribution is 2.34. The van der Waals surface area contributed by atoms with E-state index in [2.05, 4.69) is 4.98 Å². The number of carbonyl (C=O) groups excluding carboxylic acids is 2. The summed E-state index contributed by atoms with van der Waals surface area (Å²) in [6, 6.07) is 17.7. The van der Waals surface area contributed by atoms with Crippen LogP contribution in [0.3, 0.4) is 0 Å². The molecule has 1 fully saturated rings. The molecule has 0 saturated carbocycles. The lowest BCUT2D eigenvalue weighted by Crippen LogP contribution is -2.32. The average Bonchev–Trinajstić information content (AvgIpc) is 3.59. The molecule has 0 spiro atoms. The first-order valence-corrected chi connectivity index (χ1v) is 13.3. The lowest BCUT2D eigenvalue weighted by molar-refractivity contribution is -0.0581. The number of carbonyl (C=O) groups is 2. The highest BCUT2D eigenvalue weighted by molar-refractivity contribution is 7.13. The van der Waals surface area contributed by atoms with Crippen LogP contribution in [0.25, 0.3) is 10.4 Å². The number of benzene rings is 2. The lowest BCUT2D eigenvalue weighted by Gasteiger charge is -2.19. The number of nitrogens with zero attached hydrogens (tertiary/aromatic N) is 2. The molecule has 0 unspecified atom stereocenters. The van der Waals surface area contributed by atoms with E-state index in [0.29, 0.717) is 16.7 Å². The first-order valence-electron chi connectivity index (χ1n) is 12.4. The molecular weight excluding hydrogens is 518 g/mol. The first kappa shape index (κ1) is 26.3. The second-order valence-electron chi connectivity index (χ2n) is 9.35. The van der Waals surface area contributed by atoms with Crippen molar-refractivity contribution in [1.82, 2.24) is 9.55 Å². The number of aryl methyl sites for hydroxylation is 2. The average molecular weight is 546 g/mol. The van der Waals surface area contributed by atoms with Crippen molar-refractivity contribution in [3.05, 3.63) is 105 Å². The fourth-order valence-corrected chi connectivity index (χ4v) is 5.03. The summed E-state index contributed by atoms with van der Waals surface area (Å²) in [4.78, 5) is 43.2. The summed E-state index contributed by atoms with van der Waals surface area (Å²) in [7, 11) is 0. The van der Waals surface area contributed by atoms with Gasteiger partial charge in [0.15, 0.2) is 0 Å². The summed E-state index contributed by atoms with van der Waals surface area (Å²) in [6.45, 7) is 3.67. The smallest absolute Gasteiger partial charge is 0.351 e. The van der Waals surface area contributed by atoms with E-state index in [4.69, 9.17) is 19.9 Å². The molecule has 2 N–H and O–H groups in total. The van der Waals surface area contributed by atoms with Crippen LogP contribution in [-0.2, 0) is 14.2 Å². The van der Waals surface area contributed by atoms with Crippen LogP contribution in [0.4, 0.5) is 5.82 Å². The third-order valence-corrected chi connectivity index (χ3v) is 7.37. The zero-order valence-electron chi connectivity index (χ0n) is 21.4. The Morgan fingerprint density at radius 1 is 1.03 bits per heavy atom. The predicted octanol–water partition coefficient (Wildman–Crippen LogP) is 4.54. The van der Waals surface area contributed by atoms with E-state index >= 15 is 0 Å². The topological polar surface area (TPSA) is 123 Å². The lowest BCUT2D eigenvalue weighted by atomic mass is 10.1. The molecule has 1 saturated heterocycles. The monoisotopic (exact) mass is 545 g/mol. The molecule has 2 aromatic heterocycles. The minimum atomic E-state index is -0.816. The van der Waals surface area contributed by atoms with Gasteiger partial charge in [0.05, 0.1) is 16.7 Å².